The molecule has 0 unspecified atom stereocenters. The lowest BCUT2D eigenvalue weighted by molar-refractivity contribution is 0.409. The molecular formula is C9H11N3O. The van der Waals surface area contributed by atoms with Crippen LogP contribution in [-0.4, -0.2) is 7.11 Å². The van der Waals surface area contributed by atoms with Crippen LogP contribution >= 0.6 is 0 Å². The molecule has 0 aromatic heterocycles. The first kappa shape index (κ1) is 9.42. The van der Waals surface area contributed by atoms with Gasteiger partial charge in [0.05, 0.1) is 13.7 Å². The van der Waals surface area contributed by atoms with Gasteiger partial charge in [0.1, 0.15) is 5.75 Å². The van der Waals surface area contributed by atoms with Gasteiger partial charge in [-0.25, -0.2) is 0 Å². The summed E-state index contributed by atoms with van der Waals surface area (Å²) in [5, 5.41) is 3.51. The minimum atomic E-state index is 0.340. The Morgan fingerprint density at radius 3 is 2.92 bits per heavy atom. The molecule has 0 aliphatic rings. The van der Waals surface area contributed by atoms with Gasteiger partial charge in [-0.3, -0.25) is 0 Å². The van der Waals surface area contributed by atoms with E-state index in [9.17, 15) is 0 Å². The molecule has 0 amide bonds. The third-order valence-electron chi connectivity index (χ3n) is 1.88. The smallest absolute Gasteiger partial charge is 0.122 e. The minimum absolute atomic E-state index is 0.340. The lowest BCUT2D eigenvalue weighted by atomic mass is 10.1. The highest BCUT2D eigenvalue weighted by Gasteiger charge is 2.03. The van der Waals surface area contributed by atoms with E-state index in [-0.39, 0.29) is 0 Å². The topological polar surface area (TPSA) is 58.0 Å². The fourth-order valence-electron chi connectivity index (χ4n) is 1.17. The second-order valence-electron chi connectivity index (χ2n) is 2.64. The molecule has 0 bridgehead atoms. The Balaban J connectivity index is 3.06. The zero-order valence-electron chi connectivity index (χ0n) is 7.69. The second-order valence-corrected chi connectivity index (χ2v) is 2.64. The van der Waals surface area contributed by atoms with Gasteiger partial charge in [-0.05, 0) is 24.1 Å². The Bertz CT molecular complexity index is 343. The van der Waals surface area contributed by atoms with Gasteiger partial charge in [0.2, 0.25) is 0 Å². The summed E-state index contributed by atoms with van der Waals surface area (Å²) >= 11 is 0. The van der Waals surface area contributed by atoms with Crippen LogP contribution in [0.5, 0.6) is 5.75 Å². The highest BCUT2D eigenvalue weighted by atomic mass is 16.5. The number of azide groups is 1. The number of benzene rings is 1. The standard InChI is InChI=1S/C9H11N3O/c1-7-4-3-5-9(13-2)8(7)6-11-12-10/h3-5H,6H2,1-2H3. The lowest BCUT2D eigenvalue weighted by Crippen LogP contribution is -1.93. The molecule has 0 aliphatic carbocycles. The van der Waals surface area contributed by atoms with Crippen LogP contribution in [0.2, 0.25) is 0 Å². The van der Waals surface area contributed by atoms with Crippen molar-refractivity contribution >= 4 is 0 Å². The van der Waals surface area contributed by atoms with Crippen LogP contribution in [0.15, 0.2) is 23.3 Å². The zero-order valence-corrected chi connectivity index (χ0v) is 7.69. The highest BCUT2D eigenvalue weighted by Crippen LogP contribution is 2.22. The third-order valence-corrected chi connectivity index (χ3v) is 1.88. The van der Waals surface area contributed by atoms with E-state index in [1.54, 1.807) is 7.11 Å². The van der Waals surface area contributed by atoms with Crippen molar-refractivity contribution in [2.24, 2.45) is 5.11 Å². The van der Waals surface area contributed by atoms with Gasteiger partial charge in [0.15, 0.2) is 0 Å². The first-order chi connectivity index (χ1) is 6.29. The number of rotatable bonds is 3. The fraction of sp³-hybridized carbons (Fsp3) is 0.333. The Morgan fingerprint density at radius 1 is 1.54 bits per heavy atom. The number of hydrogen-bond donors (Lipinski definition) is 0. The van der Waals surface area contributed by atoms with Crippen molar-refractivity contribution in [2.45, 2.75) is 13.5 Å². The summed E-state index contributed by atoms with van der Waals surface area (Å²) in [5.74, 6) is 0.771. The first-order valence-corrected chi connectivity index (χ1v) is 3.93. The van der Waals surface area contributed by atoms with E-state index in [1.807, 2.05) is 25.1 Å². The van der Waals surface area contributed by atoms with Gasteiger partial charge in [-0.2, -0.15) is 0 Å². The van der Waals surface area contributed by atoms with Crippen molar-refractivity contribution in [3.63, 3.8) is 0 Å². The first-order valence-electron chi connectivity index (χ1n) is 3.93. The summed E-state index contributed by atoms with van der Waals surface area (Å²) in [5.41, 5.74) is 10.2. The molecule has 0 fully saturated rings. The molecule has 0 atom stereocenters. The van der Waals surface area contributed by atoms with E-state index in [0.717, 1.165) is 16.9 Å². The summed E-state index contributed by atoms with van der Waals surface area (Å²) in [6, 6.07) is 5.73. The molecule has 0 radical (unpaired) electrons. The van der Waals surface area contributed by atoms with Crippen molar-refractivity contribution in [3.8, 4) is 5.75 Å². The average Bonchev–Trinajstić information content (AvgIpc) is 2.15. The van der Waals surface area contributed by atoms with Gasteiger partial charge >= 0.3 is 0 Å². The van der Waals surface area contributed by atoms with Crippen LogP contribution in [0.25, 0.3) is 10.4 Å². The predicted molar refractivity (Wildman–Crippen MR) is 50.6 cm³/mol. The molecule has 0 saturated carbocycles. The Morgan fingerprint density at radius 2 is 2.31 bits per heavy atom. The quantitative estimate of drug-likeness (QED) is 0.398. The predicted octanol–water partition coefficient (Wildman–Crippen LogP) is 2.81. The molecule has 1 aromatic rings. The van der Waals surface area contributed by atoms with Crippen LogP contribution < -0.4 is 4.74 Å². The second kappa shape index (κ2) is 4.38. The summed E-state index contributed by atoms with van der Waals surface area (Å²) < 4.78 is 5.14. The van der Waals surface area contributed by atoms with Crippen LogP contribution in [0, 0.1) is 6.92 Å². The van der Waals surface area contributed by atoms with E-state index in [1.165, 1.54) is 0 Å². The molecule has 1 rings (SSSR count). The fourth-order valence-corrected chi connectivity index (χ4v) is 1.17. The van der Waals surface area contributed by atoms with Crippen LogP contribution in [0.4, 0.5) is 0 Å². The van der Waals surface area contributed by atoms with Crippen molar-refractivity contribution in [3.05, 3.63) is 39.8 Å². The van der Waals surface area contributed by atoms with E-state index in [4.69, 9.17) is 10.3 Å². The van der Waals surface area contributed by atoms with E-state index in [2.05, 4.69) is 10.0 Å². The zero-order chi connectivity index (χ0) is 9.68. The molecule has 68 valence electrons. The van der Waals surface area contributed by atoms with Gasteiger partial charge in [0.25, 0.3) is 0 Å². The van der Waals surface area contributed by atoms with Crippen molar-refractivity contribution < 1.29 is 4.74 Å². The molecule has 4 heteroatoms. The maximum Gasteiger partial charge on any atom is 0.122 e. The molecule has 1 aromatic carbocycles. The normalized spacial score (nSPS) is 9.08. The Kier molecular flexibility index (Phi) is 3.17. The molecule has 4 nitrogen and oxygen atoms in total. The monoisotopic (exact) mass is 177 g/mol. The lowest BCUT2D eigenvalue weighted by Gasteiger charge is -2.08. The summed E-state index contributed by atoms with van der Waals surface area (Å²) in [7, 11) is 1.61. The number of methoxy groups -OCH3 is 1. The Labute approximate surface area is 76.8 Å². The number of nitrogens with zero attached hydrogens (tertiary/aromatic N) is 3. The van der Waals surface area contributed by atoms with Crippen LogP contribution in [0.1, 0.15) is 11.1 Å². The van der Waals surface area contributed by atoms with Gasteiger partial charge in [-0.15, -0.1) is 0 Å². The van der Waals surface area contributed by atoms with E-state index < -0.39 is 0 Å². The summed E-state index contributed by atoms with van der Waals surface area (Å²) in [6.07, 6.45) is 0. The van der Waals surface area contributed by atoms with Crippen molar-refractivity contribution in [1.82, 2.24) is 0 Å². The highest BCUT2D eigenvalue weighted by molar-refractivity contribution is 5.39. The minimum Gasteiger partial charge on any atom is -0.496 e. The van der Waals surface area contributed by atoms with E-state index in [0.29, 0.717) is 6.54 Å². The van der Waals surface area contributed by atoms with E-state index >= 15 is 0 Å². The number of hydrogen-bond acceptors (Lipinski definition) is 2. The van der Waals surface area contributed by atoms with Crippen LogP contribution in [0.3, 0.4) is 0 Å². The van der Waals surface area contributed by atoms with Gasteiger partial charge in [0, 0.05) is 10.5 Å². The van der Waals surface area contributed by atoms with Crippen molar-refractivity contribution in [1.29, 1.82) is 0 Å². The molecular weight excluding hydrogens is 166 g/mol. The van der Waals surface area contributed by atoms with Crippen LogP contribution in [-0.2, 0) is 6.54 Å². The molecule has 0 N–H and O–H groups in total. The SMILES string of the molecule is COc1cccc(C)c1CN=[N+]=[N-]. The van der Waals surface area contributed by atoms with Gasteiger partial charge < -0.3 is 4.74 Å². The Hall–Kier alpha value is -1.67. The number of aryl methyl sites for hydroxylation is 1. The average molecular weight is 177 g/mol. The molecule has 0 aliphatic heterocycles. The summed E-state index contributed by atoms with van der Waals surface area (Å²) in [4.78, 5) is 2.72. The summed E-state index contributed by atoms with van der Waals surface area (Å²) in [6.45, 7) is 2.30. The largest absolute Gasteiger partial charge is 0.496 e. The third kappa shape index (κ3) is 2.13. The van der Waals surface area contributed by atoms with Gasteiger partial charge in [-0.1, -0.05) is 17.2 Å². The molecule has 13 heavy (non-hydrogen) atoms. The maximum atomic E-state index is 8.20. The molecule has 0 saturated heterocycles. The molecule has 0 spiro atoms. The maximum absolute atomic E-state index is 8.20. The molecule has 0 heterocycles. The van der Waals surface area contributed by atoms with Crippen molar-refractivity contribution in [2.75, 3.05) is 7.11 Å². The number of ether oxygens (including phenoxy) is 1.